The van der Waals surface area contributed by atoms with Crippen LogP contribution in [0.1, 0.15) is 17.3 Å². The zero-order chi connectivity index (χ0) is 27.1. The molecule has 0 aliphatic heterocycles. The Balaban J connectivity index is 2.02. The summed E-state index contributed by atoms with van der Waals surface area (Å²) in [4.78, 5) is 41.0. The second-order valence-corrected chi connectivity index (χ2v) is 8.93. The number of aromatic nitrogens is 3. The normalized spacial score (nSPS) is 10.7. The van der Waals surface area contributed by atoms with Crippen LogP contribution in [-0.4, -0.2) is 72.9 Å². The first kappa shape index (κ1) is 27.6. The van der Waals surface area contributed by atoms with Crippen molar-refractivity contribution in [2.24, 2.45) is 0 Å². The highest BCUT2D eigenvalue weighted by molar-refractivity contribution is 6.33. The maximum absolute atomic E-state index is 12.2. The standard InChI is InChI=1S/C26H30ClN7O3/c1-7-24(36)30-20-11-21(23(37-6)12-22(20)34(5)9-8-33(3)4)31-26-29-15-19(27)25(32-26)18-10-17(16(2)35)13-28-14-18/h7,10-15H,1,8-9H2,2-6H3,(H,30,36)(H,29,31,32). The summed E-state index contributed by atoms with van der Waals surface area (Å²) in [6, 6.07) is 5.25. The third kappa shape index (κ3) is 7.02. The number of nitrogens with zero attached hydrogens (tertiary/aromatic N) is 5. The minimum atomic E-state index is -0.346. The molecule has 0 bridgehead atoms. The quantitative estimate of drug-likeness (QED) is 0.281. The molecule has 0 spiro atoms. The van der Waals surface area contributed by atoms with Gasteiger partial charge in [0.1, 0.15) is 5.75 Å². The molecule has 0 fully saturated rings. The summed E-state index contributed by atoms with van der Waals surface area (Å²) in [6.45, 7) is 6.54. The van der Waals surface area contributed by atoms with Gasteiger partial charge in [0.05, 0.1) is 41.1 Å². The number of methoxy groups -OCH3 is 1. The summed E-state index contributed by atoms with van der Waals surface area (Å²) in [6.07, 6.45) is 5.73. The molecule has 0 saturated heterocycles. The van der Waals surface area contributed by atoms with Crippen LogP contribution in [0.15, 0.2) is 49.4 Å². The van der Waals surface area contributed by atoms with Gasteiger partial charge in [0, 0.05) is 49.7 Å². The number of halogens is 1. The van der Waals surface area contributed by atoms with E-state index in [4.69, 9.17) is 16.3 Å². The second kappa shape index (κ2) is 12.3. The molecular formula is C26H30ClN7O3. The van der Waals surface area contributed by atoms with Crippen molar-refractivity contribution in [3.05, 3.63) is 60.0 Å². The minimum Gasteiger partial charge on any atom is -0.494 e. The molecule has 11 heteroatoms. The number of ketones is 1. The highest BCUT2D eigenvalue weighted by Crippen LogP contribution is 2.38. The zero-order valence-electron chi connectivity index (χ0n) is 21.5. The first-order valence-electron chi connectivity index (χ1n) is 11.4. The van der Waals surface area contributed by atoms with Crippen LogP contribution in [0, 0.1) is 0 Å². The predicted octanol–water partition coefficient (Wildman–Crippen LogP) is 4.27. The third-order valence-electron chi connectivity index (χ3n) is 5.46. The van der Waals surface area contributed by atoms with E-state index in [1.807, 2.05) is 32.1 Å². The van der Waals surface area contributed by atoms with Gasteiger partial charge in [0.15, 0.2) is 5.78 Å². The fourth-order valence-electron chi connectivity index (χ4n) is 3.42. The molecule has 0 atom stereocenters. The lowest BCUT2D eigenvalue weighted by molar-refractivity contribution is -0.111. The molecule has 194 valence electrons. The number of pyridine rings is 1. The fraction of sp³-hybridized carbons (Fsp3) is 0.269. The number of likely N-dealkylation sites (N-methyl/N-ethyl adjacent to an activating group) is 2. The van der Waals surface area contributed by atoms with Crippen LogP contribution in [0.25, 0.3) is 11.3 Å². The first-order valence-corrected chi connectivity index (χ1v) is 11.8. The van der Waals surface area contributed by atoms with Crippen LogP contribution < -0.4 is 20.3 Å². The SMILES string of the molecule is C=CC(=O)Nc1cc(Nc2ncc(Cl)c(-c3cncc(C(C)=O)c3)n2)c(OC)cc1N(C)CCN(C)C. The number of carbonyl (C=O) groups excluding carboxylic acids is 2. The van der Waals surface area contributed by atoms with Gasteiger partial charge in [-0.15, -0.1) is 0 Å². The van der Waals surface area contributed by atoms with E-state index in [-0.39, 0.29) is 17.6 Å². The Labute approximate surface area is 221 Å². The Morgan fingerprint density at radius 2 is 1.86 bits per heavy atom. The zero-order valence-corrected chi connectivity index (χ0v) is 22.3. The Morgan fingerprint density at radius 1 is 1.11 bits per heavy atom. The van der Waals surface area contributed by atoms with Crippen molar-refractivity contribution in [2.45, 2.75) is 6.92 Å². The van der Waals surface area contributed by atoms with Crippen molar-refractivity contribution >= 4 is 46.3 Å². The smallest absolute Gasteiger partial charge is 0.247 e. The number of anilines is 4. The summed E-state index contributed by atoms with van der Waals surface area (Å²) < 4.78 is 5.64. The molecule has 0 unspecified atom stereocenters. The van der Waals surface area contributed by atoms with Gasteiger partial charge in [-0.25, -0.2) is 9.97 Å². The Kier molecular flexibility index (Phi) is 9.15. The Hall–Kier alpha value is -4.02. The van der Waals surface area contributed by atoms with E-state index in [2.05, 4.69) is 37.1 Å². The summed E-state index contributed by atoms with van der Waals surface area (Å²) in [5.74, 6) is 0.290. The van der Waals surface area contributed by atoms with Crippen LogP contribution >= 0.6 is 11.6 Å². The second-order valence-electron chi connectivity index (χ2n) is 8.52. The number of ether oxygens (including phenoxy) is 1. The number of Topliss-reactive ketones (excluding diaryl/α,β-unsaturated/α-hetero) is 1. The maximum atomic E-state index is 12.2. The van der Waals surface area contributed by atoms with Crippen molar-refractivity contribution in [2.75, 3.05) is 56.9 Å². The number of hydrogen-bond acceptors (Lipinski definition) is 9. The number of hydrogen-bond donors (Lipinski definition) is 2. The van der Waals surface area contributed by atoms with Gasteiger partial charge in [-0.1, -0.05) is 18.2 Å². The van der Waals surface area contributed by atoms with Crippen LogP contribution in [-0.2, 0) is 4.79 Å². The van der Waals surface area contributed by atoms with Gasteiger partial charge < -0.3 is 25.2 Å². The van der Waals surface area contributed by atoms with Crippen LogP contribution in [0.5, 0.6) is 5.75 Å². The average Bonchev–Trinajstić information content (AvgIpc) is 2.88. The number of nitrogens with one attached hydrogen (secondary N) is 2. The number of benzene rings is 1. The van der Waals surface area contributed by atoms with E-state index >= 15 is 0 Å². The molecule has 1 amide bonds. The molecule has 3 rings (SSSR count). The van der Waals surface area contributed by atoms with Gasteiger partial charge in [-0.3, -0.25) is 14.6 Å². The lowest BCUT2D eigenvalue weighted by atomic mass is 10.1. The predicted molar refractivity (Wildman–Crippen MR) is 147 cm³/mol. The van der Waals surface area contributed by atoms with E-state index in [9.17, 15) is 9.59 Å². The fourth-order valence-corrected chi connectivity index (χ4v) is 3.62. The Bertz CT molecular complexity index is 1310. The molecule has 0 saturated carbocycles. The van der Waals surface area contributed by atoms with E-state index in [0.717, 1.165) is 18.8 Å². The lowest BCUT2D eigenvalue weighted by Gasteiger charge is -2.26. The third-order valence-corrected chi connectivity index (χ3v) is 5.74. The summed E-state index contributed by atoms with van der Waals surface area (Å²) in [5.41, 5.74) is 3.28. The van der Waals surface area contributed by atoms with E-state index in [1.54, 1.807) is 25.4 Å². The van der Waals surface area contributed by atoms with Gasteiger partial charge in [0.2, 0.25) is 11.9 Å². The molecule has 10 nitrogen and oxygen atoms in total. The van der Waals surface area contributed by atoms with Gasteiger partial charge >= 0.3 is 0 Å². The van der Waals surface area contributed by atoms with E-state index < -0.39 is 0 Å². The van der Waals surface area contributed by atoms with Gasteiger partial charge in [-0.05, 0) is 39.2 Å². The molecule has 0 aliphatic carbocycles. The van der Waals surface area contributed by atoms with Crippen LogP contribution in [0.4, 0.5) is 23.0 Å². The monoisotopic (exact) mass is 523 g/mol. The van der Waals surface area contributed by atoms with E-state index in [0.29, 0.717) is 39.0 Å². The number of rotatable bonds is 11. The van der Waals surface area contributed by atoms with Crippen molar-refractivity contribution in [1.29, 1.82) is 0 Å². The summed E-state index contributed by atoms with van der Waals surface area (Å²) in [7, 11) is 7.48. The van der Waals surface area contributed by atoms with Gasteiger partial charge in [0.25, 0.3) is 0 Å². The molecule has 37 heavy (non-hydrogen) atoms. The van der Waals surface area contributed by atoms with Crippen molar-refractivity contribution in [1.82, 2.24) is 19.9 Å². The Morgan fingerprint density at radius 3 is 2.51 bits per heavy atom. The highest BCUT2D eigenvalue weighted by Gasteiger charge is 2.17. The molecule has 0 radical (unpaired) electrons. The van der Waals surface area contributed by atoms with Crippen molar-refractivity contribution < 1.29 is 14.3 Å². The van der Waals surface area contributed by atoms with E-state index in [1.165, 1.54) is 25.4 Å². The number of amides is 1. The minimum absolute atomic E-state index is 0.118. The molecule has 3 aromatic rings. The average molecular weight is 524 g/mol. The highest BCUT2D eigenvalue weighted by atomic mass is 35.5. The molecule has 1 aromatic carbocycles. The molecule has 2 N–H and O–H groups in total. The molecule has 0 aliphatic rings. The van der Waals surface area contributed by atoms with Crippen molar-refractivity contribution in [3.63, 3.8) is 0 Å². The number of carbonyl (C=O) groups is 2. The van der Waals surface area contributed by atoms with Crippen LogP contribution in [0.3, 0.4) is 0 Å². The largest absolute Gasteiger partial charge is 0.494 e. The molecule has 2 heterocycles. The summed E-state index contributed by atoms with van der Waals surface area (Å²) in [5, 5.41) is 6.31. The maximum Gasteiger partial charge on any atom is 0.247 e. The van der Waals surface area contributed by atoms with Gasteiger partial charge in [-0.2, -0.15) is 0 Å². The topological polar surface area (TPSA) is 113 Å². The first-order chi connectivity index (χ1) is 17.6. The lowest BCUT2D eigenvalue weighted by Crippen LogP contribution is -2.29. The molecule has 2 aromatic heterocycles. The molecular weight excluding hydrogens is 494 g/mol. The summed E-state index contributed by atoms with van der Waals surface area (Å²) >= 11 is 6.37. The van der Waals surface area contributed by atoms with Crippen LogP contribution in [0.2, 0.25) is 5.02 Å². The van der Waals surface area contributed by atoms with Crippen molar-refractivity contribution in [3.8, 4) is 17.0 Å².